The number of likely N-dealkylation sites (N-methyl/N-ethyl adjacent to an activating group) is 1. The molecule has 1 aromatic carbocycles. The van der Waals surface area contributed by atoms with Crippen LogP contribution in [0.2, 0.25) is 0 Å². The van der Waals surface area contributed by atoms with Crippen LogP contribution in [-0.4, -0.2) is 7.05 Å². The maximum absolute atomic E-state index is 13.0. The second kappa shape index (κ2) is 6.45. The second-order valence-electron chi connectivity index (χ2n) is 3.97. The van der Waals surface area contributed by atoms with E-state index in [1.54, 1.807) is 11.3 Å². The lowest BCUT2D eigenvalue weighted by molar-refractivity contribution is 0.589. The van der Waals surface area contributed by atoms with Gasteiger partial charge in [-0.1, -0.05) is 22.0 Å². The molecule has 2 aromatic rings. The fourth-order valence-corrected chi connectivity index (χ4v) is 3.74. The van der Waals surface area contributed by atoms with Gasteiger partial charge < -0.3 is 5.32 Å². The van der Waals surface area contributed by atoms with E-state index in [-0.39, 0.29) is 11.9 Å². The molecule has 1 unspecified atom stereocenters. The average molecular weight is 440 g/mol. The normalized spacial score (nSPS) is 12.7. The summed E-state index contributed by atoms with van der Waals surface area (Å²) in [5.74, 6) is -0.211. The molecule has 0 bridgehead atoms. The molecule has 0 aliphatic carbocycles. The third-order valence-electron chi connectivity index (χ3n) is 2.78. The van der Waals surface area contributed by atoms with Gasteiger partial charge in [0.25, 0.3) is 0 Å². The fraction of sp³-hybridized carbons (Fsp3) is 0.231. The summed E-state index contributed by atoms with van der Waals surface area (Å²) in [6.07, 6.45) is 0.837. The van der Waals surface area contributed by atoms with Gasteiger partial charge in [-0.25, -0.2) is 4.39 Å². The number of benzene rings is 1. The molecular formula is C13H12BrFINS. The largest absolute Gasteiger partial charge is 0.313 e. The molecule has 0 radical (unpaired) electrons. The molecule has 1 N–H and O–H groups in total. The topological polar surface area (TPSA) is 12.0 Å². The second-order valence-corrected chi connectivity index (χ2v) is 7.63. The minimum Gasteiger partial charge on any atom is -0.313 e. The molecule has 1 atom stereocenters. The predicted octanol–water partition coefficient (Wildman–Crippen LogP) is 4.76. The highest BCUT2D eigenvalue weighted by Gasteiger charge is 2.13. The Morgan fingerprint density at radius 3 is 2.78 bits per heavy atom. The molecule has 2 rings (SSSR count). The summed E-state index contributed by atoms with van der Waals surface area (Å²) in [4.78, 5) is 0. The Morgan fingerprint density at radius 1 is 1.44 bits per heavy atom. The number of hydrogen-bond acceptors (Lipinski definition) is 2. The Kier molecular flexibility index (Phi) is 5.17. The molecule has 0 aliphatic heterocycles. The van der Waals surface area contributed by atoms with E-state index in [1.807, 2.05) is 13.1 Å². The molecule has 5 heteroatoms. The minimum absolute atomic E-state index is 0.211. The van der Waals surface area contributed by atoms with Crippen molar-refractivity contribution >= 4 is 49.9 Å². The summed E-state index contributed by atoms with van der Waals surface area (Å²) in [5, 5.41) is 5.48. The van der Waals surface area contributed by atoms with Crippen molar-refractivity contribution in [3.63, 3.8) is 0 Å². The van der Waals surface area contributed by atoms with Gasteiger partial charge in [-0.05, 0) is 70.8 Å². The smallest absolute Gasteiger partial charge is 0.124 e. The SMILES string of the molecule is CNC(Cc1ccc(F)cc1Br)c1csc(I)c1. The van der Waals surface area contributed by atoms with Crippen molar-refractivity contribution in [2.75, 3.05) is 7.05 Å². The first-order valence-electron chi connectivity index (χ1n) is 5.45. The first-order chi connectivity index (χ1) is 8.60. The van der Waals surface area contributed by atoms with Crippen molar-refractivity contribution < 1.29 is 4.39 Å². The molecule has 0 aliphatic rings. The van der Waals surface area contributed by atoms with Gasteiger partial charge in [-0.3, -0.25) is 0 Å². The van der Waals surface area contributed by atoms with Crippen molar-refractivity contribution in [2.24, 2.45) is 0 Å². The van der Waals surface area contributed by atoms with Gasteiger partial charge in [-0.15, -0.1) is 11.3 Å². The first-order valence-corrected chi connectivity index (χ1v) is 8.20. The molecule has 1 heterocycles. The molecule has 1 nitrogen and oxygen atoms in total. The first kappa shape index (κ1) is 14.4. The zero-order chi connectivity index (χ0) is 13.1. The van der Waals surface area contributed by atoms with Crippen LogP contribution in [0.25, 0.3) is 0 Å². The van der Waals surface area contributed by atoms with E-state index in [9.17, 15) is 4.39 Å². The third kappa shape index (κ3) is 3.53. The lowest BCUT2D eigenvalue weighted by atomic mass is 10.0. The van der Waals surface area contributed by atoms with E-state index in [0.717, 1.165) is 16.5 Å². The summed E-state index contributed by atoms with van der Waals surface area (Å²) < 4.78 is 15.2. The van der Waals surface area contributed by atoms with Gasteiger partial charge in [0.1, 0.15) is 5.82 Å². The van der Waals surface area contributed by atoms with Gasteiger partial charge in [0.15, 0.2) is 0 Å². The van der Waals surface area contributed by atoms with Crippen LogP contribution in [0, 0.1) is 8.70 Å². The molecule has 0 saturated carbocycles. The third-order valence-corrected chi connectivity index (χ3v) is 5.32. The zero-order valence-electron chi connectivity index (χ0n) is 9.71. The van der Waals surface area contributed by atoms with E-state index < -0.39 is 0 Å². The standard InChI is InChI=1S/C13H12BrFINS/c1-17-12(9-5-13(16)18-7-9)4-8-2-3-10(15)6-11(8)14/h2-3,5-7,12,17H,4H2,1H3. The van der Waals surface area contributed by atoms with Crippen LogP contribution in [0.15, 0.2) is 34.1 Å². The van der Waals surface area contributed by atoms with Crippen molar-refractivity contribution in [1.82, 2.24) is 5.32 Å². The van der Waals surface area contributed by atoms with Gasteiger partial charge >= 0.3 is 0 Å². The maximum atomic E-state index is 13.0. The van der Waals surface area contributed by atoms with Gasteiger partial charge in [-0.2, -0.15) is 0 Å². The fourth-order valence-electron chi connectivity index (χ4n) is 1.80. The van der Waals surface area contributed by atoms with Gasteiger partial charge in [0.05, 0.1) is 2.88 Å². The van der Waals surface area contributed by atoms with Crippen molar-refractivity contribution in [3.8, 4) is 0 Å². The number of halogens is 3. The minimum atomic E-state index is -0.211. The van der Waals surface area contributed by atoms with E-state index in [0.29, 0.717) is 0 Å². The average Bonchev–Trinajstić information content (AvgIpc) is 2.75. The Balaban J connectivity index is 2.20. The van der Waals surface area contributed by atoms with Crippen LogP contribution in [0.5, 0.6) is 0 Å². The van der Waals surface area contributed by atoms with Crippen molar-refractivity contribution in [3.05, 3.63) is 53.9 Å². The Bertz CT molecular complexity index is 544. The lowest BCUT2D eigenvalue weighted by Gasteiger charge is -2.16. The van der Waals surface area contributed by atoms with Crippen LogP contribution < -0.4 is 5.32 Å². The van der Waals surface area contributed by atoms with Crippen LogP contribution in [0.4, 0.5) is 4.39 Å². The monoisotopic (exact) mass is 439 g/mol. The van der Waals surface area contributed by atoms with Crippen LogP contribution in [0.1, 0.15) is 17.2 Å². The van der Waals surface area contributed by atoms with Crippen LogP contribution in [0.3, 0.4) is 0 Å². The summed E-state index contributed by atoms with van der Waals surface area (Å²) in [6.45, 7) is 0. The lowest BCUT2D eigenvalue weighted by Crippen LogP contribution is -2.18. The van der Waals surface area contributed by atoms with Crippen molar-refractivity contribution in [2.45, 2.75) is 12.5 Å². The maximum Gasteiger partial charge on any atom is 0.124 e. The van der Waals surface area contributed by atoms with Crippen LogP contribution >= 0.6 is 49.9 Å². The van der Waals surface area contributed by atoms with E-state index in [2.05, 4.69) is 55.3 Å². The Morgan fingerprint density at radius 2 is 2.22 bits per heavy atom. The Hall–Kier alpha value is 0.0200. The summed E-state index contributed by atoms with van der Waals surface area (Å²) >= 11 is 7.48. The molecule has 96 valence electrons. The quantitative estimate of drug-likeness (QED) is 0.677. The predicted molar refractivity (Wildman–Crippen MR) is 86.6 cm³/mol. The molecule has 1 aromatic heterocycles. The highest BCUT2D eigenvalue weighted by atomic mass is 127. The van der Waals surface area contributed by atoms with Crippen LogP contribution in [-0.2, 0) is 6.42 Å². The Labute approximate surface area is 132 Å². The molecular weight excluding hydrogens is 428 g/mol. The van der Waals surface area contributed by atoms with E-state index in [4.69, 9.17) is 0 Å². The van der Waals surface area contributed by atoms with Gasteiger partial charge in [0, 0.05) is 10.5 Å². The number of thiophene rings is 1. The molecule has 0 saturated heterocycles. The molecule has 0 amide bonds. The highest BCUT2D eigenvalue weighted by molar-refractivity contribution is 14.1. The number of nitrogens with one attached hydrogen (secondary N) is 1. The molecule has 0 spiro atoms. The number of hydrogen-bond donors (Lipinski definition) is 1. The highest BCUT2D eigenvalue weighted by Crippen LogP contribution is 2.27. The van der Waals surface area contributed by atoms with E-state index in [1.165, 1.54) is 20.6 Å². The summed E-state index contributed by atoms with van der Waals surface area (Å²) in [7, 11) is 1.95. The summed E-state index contributed by atoms with van der Waals surface area (Å²) in [5.41, 5.74) is 2.39. The van der Waals surface area contributed by atoms with E-state index >= 15 is 0 Å². The number of rotatable bonds is 4. The van der Waals surface area contributed by atoms with Gasteiger partial charge in [0.2, 0.25) is 0 Å². The van der Waals surface area contributed by atoms with Crippen molar-refractivity contribution in [1.29, 1.82) is 0 Å². The molecule has 18 heavy (non-hydrogen) atoms. The summed E-state index contributed by atoms with van der Waals surface area (Å²) in [6, 6.07) is 7.29. The zero-order valence-corrected chi connectivity index (χ0v) is 14.3. The molecule has 0 fully saturated rings.